The molecule has 12 heteroatoms. The van der Waals surface area contributed by atoms with Gasteiger partial charge in [0.05, 0.1) is 22.8 Å². The fourth-order valence-corrected chi connectivity index (χ4v) is 4.94. The molecule has 2 aliphatic heterocycles. The van der Waals surface area contributed by atoms with E-state index < -0.39 is 34.5 Å². The smallest absolute Gasteiger partial charge is 0.341 e. The average Bonchev–Trinajstić information content (AvgIpc) is 3.30. The molecule has 1 amide bonds. The maximum absolute atomic E-state index is 15.8. The number of benzene rings is 2. The number of nitrogens with one attached hydrogen (secondary N) is 1. The van der Waals surface area contributed by atoms with Crippen LogP contribution in [0.2, 0.25) is 0 Å². The number of nitrogen functional groups attached to an aromatic ring is 1. The first-order valence-electron chi connectivity index (χ1n) is 11.7. The average molecular weight is 532 g/mol. The van der Waals surface area contributed by atoms with E-state index in [9.17, 15) is 19.5 Å². The van der Waals surface area contributed by atoms with Crippen LogP contribution in [0.25, 0.3) is 16.6 Å². The zero-order valence-corrected chi connectivity index (χ0v) is 20.8. The molecular formula is C25H27ClFN5O5. The van der Waals surface area contributed by atoms with Crippen molar-refractivity contribution in [2.45, 2.75) is 38.3 Å². The van der Waals surface area contributed by atoms with E-state index in [4.69, 9.17) is 16.2 Å². The van der Waals surface area contributed by atoms with Crippen molar-refractivity contribution in [1.29, 1.82) is 0 Å². The van der Waals surface area contributed by atoms with Crippen LogP contribution in [0.15, 0.2) is 35.3 Å². The second-order valence-corrected chi connectivity index (χ2v) is 9.08. The number of carbonyl (C=O) groups excluding carboxylic acids is 1. The number of nitrogens with zero attached hydrogens (tertiary/aromatic N) is 2. The molecule has 0 spiro atoms. The zero-order valence-electron chi connectivity index (χ0n) is 20.0. The maximum Gasteiger partial charge on any atom is 0.341 e. The minimum absolute atomic E-state index is 0. The van der Waals surface area contributed by atoms with Gasteiger partial charge in [0.2, 0.25) is 11.3 Å². The van der Waals surface area contributed by atoms with Gasteiger partial charge in [0.1, 0.15) is 16.8 Å². The number of hydrogen-bond acceptors (Lipinski definition) is 7. The van der Waals surface area contributed by atoms with Gasteiger partial charge in [-0.15, -0.1) is 12.4 Å². The van der Waals surface area contributed by atoms with Crippen LogP contribution in [-0.4, -0.2) is 46.7 Å². The summed E-state index contributed by atoms with van der Waals surface area (Å²) >= 11 is 0. The Labute approximate surface area is 217 Å². The van der Waals surface area contributed by atoms with E-state index >= 15 is 4.39 Å². The van der Waals surface area contributed by atoms with Crippen molar-refractivity contribution >= 4 is 46.6 Å². The summed E-state index contributed by atoms with van der Waals surface area (Å²) in [6, 6.07) is 5.96. The number of aromatic carboxylic acids is 1. The van der Waals surface area contributed by atoms with Crippen molar-refractivity contribution in [3.63, 3.8) is 0 Å². The summed E-state index contributed by atoms with van der Waals surface area (Å²) in [5, 5.41) is 12.3. The summed E-state index contributed by atoms with van der Waals surface area (Å²) in [6.45, 7) is 2.62. The summed E-state index contributed by atoms with van der Waals surface area (Å²) in [4.78, 5) is 39.0. The third-order valence-corrected chi connectivity index (χ3v) is 6.71. The van der Waals surface area contributed by atoms with Crippen LogP contribution in [0.3, 0.4) is 0 Å². The van der Waals surface area contributed by atoms with Gasteiger partial charge in [-0.05, 0) is 25.0 Å². The van der Waals surface area contributed by atoms with E-state index in [1.54, 1.807) is 29.2 Å². The van der Waals surface area contributed by atoms with Crippen molar-refractivity contribution in [3.8, 4) is 17.2 Å². The normalized spacial score (nSPS) is 16.5. The van der Waals surface area contributed by atoms with Crippen molar-refractivity contribution in [2.24, 2.45) is 5.73 Å². The first kappa shape index (κ1) is 26.2. The number of fused-ring (bicyclic) bond motifs is 2. The molecule has 0 bridgehead atoms. The molecule has 0 saturated carbocycles. The Morgan fingerprint density at radius 2 is 2.05 bits per heavy atom. The summed E-state index contributed by atoms with van der Waals surface area (Å²) < 4.78 is 23.5. The molecule has 0 aliphatic carbocycles. The lowest BCUT2D eigenvalue weighted by Gasteiger charge is -2.30. The van der Waals surface area contributed by atoms with Gasteiger partial charge in [0, 0.05) is 25.3 Å². The fourth-order valence-electron chi connectivity index (χ4n) is 4.94. The van der Waals surface area contributed by atoms with E-state index in [0.717, 1.165) is 6.42 Å². The van der Waals surface area contributed by atoms with Crippen LogP contribution in [-0.2, 0) is 4.79 Å². The lowest BCUT2D eigenvalue weighted by Crippen LogP contribution is -2.46. The number of carboxylic acids is 1. The number of hydrogen-bond donors (Lipinski definition) is 4. The Balaban J connectivity index is 0.00000320. The number of rotatable bonds is 6. The van der Waals surface area contributed by atoms with Gasteiger partial charge in [-0.2, -0.15) is 0 Å². The standard InChI is InChI=1S/C25H26FN5O5.ClH/c1-2-5-14(27)24(33)29-12-8-9-30(10-12)21-18(26)19(28)17-20-23(21)36-16-7-4-3-6-15(16)31(20)11-13(22(17)32)25(34)35;/h3-4,6-7,11-12,14H,2,5,8-10,27-28H2,1H3,(H,29,33)(H,34,35);1H. The molecule has 37 heavy (non-hydrogen) atoms. The SMILES string of the molecule is CCCC(N)C(=O)NC1CCN(c2c(F)c(N)c3c(=O)c(C(=O)O)cn4c3c2Oc2ccccc2-4)C1.Cl. The molecule has 3 aromatic rings. The van der Waals surface area contributed by atoms with Gasteiger partial charge in [-0.1, -0.05) is 25.5 Å². The van der Waals surface area contributed by atoms with E-state index in [-0.39, 0.29) is 53.2 Å². The van der Waals surface area contributed by atoms with E-state index in [0.29, 0.717) is 30.8 Å². The minimum Gasteiger partial charge on any atom is -0.477 e. The first-order valence-corrected chi connectivity index (χ1v) is 11.7. The molecule has 1 fully saturated rings. The Bertz CT molecular complexity index is 1480. The molecule has 3 heterocycles. The monoisotopic (exact) mass is 531 g/mol. The van der Waals surface area contributed by atoms with E-state index in [1.165, 1.54) is 10.8 Å². The number of amides is 1. The van der Waals surface area contributed by atoms with Crippen LogP contribution in [0.1, 0.15) is 36.5 Å². The maximum atomic E-state index is 15.8. The highest BCUT2D eigenvalue weighted by molar-refractivity contribution is 6.05. The molecule has 2 atom stereocenters. The summed E-state index contributed by atoms with van der Waals surface area (Å²) in [7, 11) is 0. The second kappa shape index (κ2) is 9.91. The van der Waals surface area contributed by atoms with Gasteiger partial charge < -0.3 is 36.1 Å². The highest BCUT2D eigenvalue weighted by Crippen LogP contribution is 2.49. The van der Waals surface area contributed by atoms with Gasteiger partial charge in [-0.3, -0.25) is 9.59 Å². The molecule has 2 unspecified atom stereocenters. The number of halogens is 2. The Morgan fingerprint density at radius 1 is 1.32 bits per heavy atom. The summed E-state index contributed by atoms with van der Waals surface area (Å²) in [5.41, 5.74) is 10.9. The Hall–Kier alpha value is -3.83. The van der Waals surface area contributed by atoms with Crippen molar-refractivity contribution in [3.05, 3.63) is 52.1 Å². The summed E-state index contributed by atoms with van der Waals surface area (Å²) in [6.07, 6.45) is 3.09. The third-order valence-electron chi connectivity index (χ3n) is 6.71. The topological polar surface area (TPSA) is 153 Å². The van der Waals surface area contributed by atoms with E-state index in [2.05, 4.69) is 5.32 Å². The lowest BCUT2D eigenvalue weighted by atomic mass is 10.0. The molecule has 2 aromatic carbocycles. The minimum atomic E-state index is -1.44. The summed E-state index contributed by atoms with van der Waals surface area (Å²) in [5.74, 6) is -2.15. The van der Waals surface area contributed by atoms with Gasteiger partial charge in [0.25, 0.3) is 0 Å². The first-order chi connectivity index (χ1) is 17.2. The van der Waals surface area contributed by atoms with Crippen LogP contribution in [0.5, 0.6) is 11.5 Å². The van der Waals surface area contributed by atoms with Crippen LogP contribution in [0.4, 0.5) is 15.8 Å². The number of nitrogens with two attached hydrogens (primary N) is 2. The van der Waals surface area contributed by atoms with Crippen LogP contribution < -0.4 is 31.8 Å². The molecule has 6 N–H and O–H groups in total. The highest BCUT2D eigenvalue weighted by Gasteiger charge is 2.35. The second-order valence-electron chi connectivity index (χ2n) is 9.08. The molecule has 2 aliphatic rings. The largest absolute Gasteiger partial charge is 0.477 e. The number of pyridine rings is 1. The third kappa shape index (κ3) is 4.23. The van der Waals surface area contributed by atoms with Gasteiger partial charge in [0.15, 0.2) is 17.3 Å². The predicted octanol–water partition coefficient (Wildman–Crippen LogP) is 2.76. The number of para-hydroxylation sites is 2. The lowest BCUT2D eigenvalue weighted by molar-refractivity contribution is -0.123. The van der Waals surface area contributed by atoms with Gasteiger partial charge >= 0.3 is 5.97 Å². The van der Waals surface area contributed by atoms with Crippen LogP contribution in [0, 0.1) is 5.82 Å². The van der Waals surface area contributed by atoms with Crippen molar-refractivity contribution in [2.75, 3.05) is 23.7 Å². The molecule has 1 saturated heterocycles. The fraction of sp³-hybridized carbons (Fsp3) is 0.320. The molecule has 196 valence electrons. The number of anilines is 2. The highest BCUT2D eigenvalue weighted by atomic mass is 35.5. The quantitative estimate of drug-likeness (QED) is 0.277. The molecule has 10 nitrogen and oxygen atoms in total. The van der Waals surface area contributed by atoms with Crippen molar-refractivity contribution < 1.29 is 23.8 Å². The molecular weight excluding hydrogens is 505 g/mol. The predicted molar refractivity (Wildman–Crippen MR) is 140 cm³/mol. The molecule has 1 aromatic heterocycles. The number of aromatic nitrogens is 1. The van der Waals surface area contributed by atoms with Crippen molar-refractivity contribution in [1.82, 2.24) is 9.88 Å². The molecule has 0 radical (unpaired) electrons. The zero-order chi connectivity index (χ0) is 25.7. The van der Waals surface area contributed by atoms with Crippen LogP contribution >= 0.6 is 12.4 Å². The Morgan fingerprint density at radius 3 is 2.76 bits per heavy atom. The molecule has 5 rings (SSSR count). The number of ether oxygens (including phenoxy) is 1. The number of carboxylic acid groups (broad SMARTS) is 1. The number of carbonyl (C=O) groups is 2. The Kier molecular flexibility index (Phi) is 7.03. The van der Waals surface area contributed by atoms with E-state index in [1.807, 2.05) is 6.92 Å². The van der Waals surface area contributed by atoms with Gasteiger partial charge in [-0.25, -0.2) is 9.18 Å².